The van der Waals surface area contributed by atoms with Crippen LogP contribution in [0, 0.1) is 3.57 Å². The van der Waals surface area contributed by atoms with E-state index in [4.69, 9.17) is 0 Å². The van der Waals surface area contributed by atoms with E-state index in [9.17, 15) is 0 Å². The van der Waals surface area contributed by atoms with Gasteiger partial charge in [0, 0.05) is 25.1 Å². The second kappa shape index (κ2) is 3.89. The Labute approximate surface area is 113 Å². The third-order valence-electron chi connectivity index (χ3n) is 2.44. The second-order valence-corrected chi connectivity index (χ2v) is 11.6. The molecule has 2 aromatic rings. The Kier molecular flexibility index (Phi) is 3.02. The standard InChI is InChI=1S/C11H13BrINSi/c1-15(2,3)14-7-10(13)9-5-4-8(12)6-11(9)14/h4-7H,1-3H3. The highest BCUT2D eigenvalue weighted by molar-refractivity contribution is 14.1. The number of aromatic nitrogens is 1. The summed E-state index contributed by atoms with van der Waals surface area (Å²) in [6, 6.07) is 6.52. The summed E-state index contributed by atoms with van der Waals surface area (Å²) in [6.45, 7) is 7.09. The van der Waals surface area contributed by atoms with E-state index in [2.05, 4.69) is 86.8 Å². The normalized spacial score (nSPS) is 12.3. The molecule has 0 aliphatic carbocycles. The van der Waals surface area contributed by atoms with Crippen molar-refractivity contribution < 1.29 is 0 Å². The summed E-state index contributed by atoms with van der Waals surface area (Å²) >= 11 is 5.96. The molecule has 0 spiro atoms. The molecule has 15 heavy (non-hydrogen) atoms. The summed E-state index contributed by atoms with van der Waals surface area (Å²) in [5.74, 6) is 0. The van der Waals surface area contributed by atoms with Gasteiger partial charge in [0.25, 0.3) is 0 Å². The van der Waals surface area contributed by atoms with Crippen molar-refractivity contribution in [2.24, 2.45) is 0 Å². The molecule has 0 bridgehead atoms. The lowest BCUT2D eigenvalue weighted by Gasteiger charge is -2.20. The monoisotopic (exact) mass is 393 g/mol. The Morgan fingerprint density at radius 3 is 2.53 bits per heavy atom. The molecule has 0 radical (unpaired) electrons. The Balaban J connectivity index is 2.81. The number of fused-ring (bicyclic) bond motifs is 1. The molecule has 0 aliphatic rings. The van der Waals surface area contributed by atoms with E-state index in [-0.39, 0.29) is 0 Å². The molecular formula is C11H13BrINSi. The Hall–Kier alpha value is 0.187. The summed E-state index contributed by atoms with van der Waals surface area (Å²) in [6.07, 6.45) is 2.28. The second-order valence-electron chi connectivity index (χ2n) is 4.68. The Morgan fingerprint density at radius 1 is 1.27 bits per heavy atom. The molecule has 4 heteroatoms. The van der Waals surface area contributed by atoms with Crippen LogP contribution in [0.2, 0.25) is 19.6 Å². The van der Waals surface area contributed by atoms with Crippen molar-refractivity contribution >= 4 is 57.7 Å². The average molecular weight is 394 g/mol. The fourth-order valence-corrected chi connectivity index (χ4v) is 4.48. The maximum absolute atomic E-state index is 3.54. The number of rotatable bonds is 1. The van der Waals surface area contributed by atoms with E-state index in [0.29, 0.717) is 0 Å². The van der Waals surface area contributed by atoms with E-state index in [1.54, 1.807) is 0 Å². The SMILES string of the molecule is C[Si](C)(C)n1cc(I)c2ccc(Br)cc21. The zero-order chi connectivity index (χ0) is 11.2. The van der Waals surface area contributed by atoms with Crippen molar-refractivity contribution in [1.82, 2.24) is 4.23 Å². The van der Waals surface area contributed by atoms with Gasteiger partial charge in [-0.1, -0.05) is 41.6 Å². The lowest BCUT2D eigenvalue weighted by atomic mass is 10.3. The smallest absolute Gasteiger partial charge is 0.152 e. The fourth-order valence-electron chi connectivity index (χ4n) is 1.71. The molecule has 0 amide bonds. The minimum absolute atomic E-state index is 1.16. The zero-order valence-corrected chi connectivity index (χ0v) is 13.8. The van der Waals surface area contributed by atoms with Crippen LogP contribution in [0.1, 0.15) is 0 Å². The molecule has 1 heterocycles. The molecule has 0 N–H and O–H groups in total. The van der Waals surface area contributed by atoms with Crippen molar-refractivity contribution in [2.75, 3.05) is 0 Å². The van der Waals surface area contributed by atoms with Crippen LogP contribution in [-0.4, -0.2) is 12.5 Å². The van der Waals surface area contributed by atoms with E-state index < -0.39 is 8.24 Å². The molecule has 80 valence electrons. The number of hydrogen-bond acceptors (Lipinski definition) is 0. The first kappa shape index (κ1) is 11.7. The first-order valence-electron chi connectivity index (χ1n) is 4.86. The van der Waals surface area contributed by atoms with Gasteiger partial charge in [-0.25, -0.2) is 0 Å². The van der Waals surface area contributed by atoms with Gasteiger partial charge in [-0.3, -0.25) is 0 Å². The summed E-state index contributed by atoms with van der Waals surface area (Å²) in [5, 5.41) is 1.36. The van der Waals surface area contributed by atoms with Gasteiger partial charge in [0.15, 0.2) is 8.24 Å². The van der Waals surface area contributed by atoms with Crippen LogP contribution in [0.4, 0.5) is 0 Å². The fraction of sp³-hybridized carbons (Fsp3) is 0.273. The van der Waals surface area contributed by atoms with Crippen molar-refractivity contribution in [2.45, 2.75) is 19.6 Å². The third-order valence-corrected chi connectivity index (χ3v) is 5.61. The molecular weight excluding hydrogens is 381 g/mol. The third kappa shape index (κ3) is 2.17. The van der Waals surface area contributed by atoms with Crippen LogP contribution in [-0.2, 0) is 0 Å². The zero-order valence-electron chi connectivity index (χ0n) is 9.01. The topological polar surface area (TPSA) is 4.93 Å². The number of hydrogen-bond donors (Lipinski definition) is 0. The average Bonchev–Trinajstić information content (AvgIpc) is 2.42. The van der Waals surface area contributed by atoms with Gasteiger partial charge in [0.1, 0.15) is 0 Å². The van der Waals surface area contributed by atoms with Crippen molar-refractivity contribution in [1.29, 1.82) is 0 Å². The van der Waals surface area contributed by atoms with E-state index in [0.717, 1.165) is 4.47 Å². The maximum Gasteiger partial charge on any atom is 0.152 e. The predicted molar refractivity (Wildman–Crippen MR) is 81.1 cm³/mol. The number of nitrogens with zero attached hydrogens (tertiary/aromatic N) is 1. The number of halogens is 2. The van der Waals surface area contributed by atoms with Crippen molar-refractivity contribution in [3.63, 3.8) is 0 Å². The van der Waals surface area contributed by atoms with Gasteiger partial charge in [0.2, 0.25) is 0 Å². The quantitative estimate of drug-likeness (QED) is 0.489. The Bertz CT molecular complexity index is 513. The molecule has 0 saturated heterocycles. The van der Waals surface area contributed by atoms with Crippen LogP contribution in [0.15, 0.2) is 28.9 Å². The molecule has 0 fully saturated rings. The van der Waals surface area contributed by atoms with Crippen LogP contribution in [0.5, 0.6) is 0 Å². The van der Waals surface area contributed by atoms with Gasteiger partial charge in [-0.15, -0.1) is 0 Å². The Morgan fingerprint density at radius 2 is 1.93 bits per heavy atom. The molecule has 0 saturated carbocycles. The first-order chi connectivity index (χ1) is 6.89. The van der Waals surface area contributed by atoms with Gasteiger partial charge in [-0.05, 0) is 34.7 Å². The number of benzene rings is 1. The minimum atomic E-state index is -1.31. The molecule has 0 aliphatic heterocycles. The summed E-state index contributed by atoms with van der Waals surface area (Å²) in [7, 11) is -1.31. The highest BCUT2D eigenvalue weighted by Gasteiger charge is 2.19. The van der Waals surface area contributed by atoms with Crippen LogP contribution < -0.4 is 0 Å². The highest BCUT2D eigenvalue weighted by atomic mass is 127. The lowest BCUT2D eigenvalue weighted by Crippen LogP contribution is -2.30. The van der Waals surface area contributed by atoms with E-state index in [1.807, 2.05) is 0 Å². The van der Waals surface area contributed by atoms with E-state index in [1.165, 1.54) is 14.5 Å². The molecule has 2 rings (SSSR count). The molecule has 0 atom stereocenters. The summed E-state index contributed by atoms with van der Waals surface area (Å²) < 4.78 is 4.97. The molecule has 1 aromatic carbocycles. The largest absolute Gasteiger partial charge is 0.374 e. The molecule has 1 aromatic heterocycles. The van der Waals surface area contributed by atoms with Gasteiger partial charge in [-0.2, -0.15) is 0 Å². The van der Waals surface area contributed by atoms with Crippen molar-refractivity contribution in [3.8, 4) is 0 Å². The van der Waals surface area contributed by atoms with Gasteiger partial charge in [0.05, 0.1) is 0 Å². The molecule has 1 nitrogen and oxygen atoms in total. The van der Waals surface area contributed by atoms with Crippen LogP contribution in [0.25, 0.3) is 10.9 Å². The predicted octanol–water partition coefficient (Wildman–Crippen LogP) is 4.69. The first-order valence-corrected chi connectivity index (χ1v) is 10.2. The molecule has 0 unspecified atom stereocenters. The van der Waals surface area contributed by atoms with Crippen LogP contribution >= 0.6 is 38.5 Å². The maximum atomic E-state index is 3.54. The minimum Gasteiger partial charge on any atom is -0.374 e. The van der Waals surface area contributed by atoms with Crippen molar-refractivity contribution in [3.05, 3.63) is 32.4 Å². The van der Waals surface area contributed by atoms with E-state index >= 15 is 0 Å². The summed E-state index contributed by atoms with van der Waals surface area (Å²) in [4.78, 5) is 0. The lowest BCUT2D eigenvalue weighted by molar-refractivity contribution is 1.20. The van der Waals surface area contributed by atoms with Gasteiger partial charge >= 0.3 is 0 Å². The van der Waals surface area contributed by atoms with Crippen LogP contribution in [0.3, 0.4) is 0 Å². The summed E-state index contributed by atoms with van der Waals surface area (Å²) in [5.41, 5.74) is 1.35. The highest BCUT2D eigenvalue weighted by Crippen LogP contribution is 2.28. The van der Waals surface area contributed by atoms with Gasteiger partial charge < -0.3 is 4.23 Å².